The first-order valence-electron chi connectivity index (χ1n) is 10.1. The molecule has 1 saturated heterocycles. The maximum Gasteiger partial charge on any atom is 0.416 e. The maximum absolute atomic E-state index is 12.9. The van der Waals surface area contributed by atoms with Gasteiger partial charge in [0.1, 0.15) is 0 Å². The minimum Gasteiger partial charge on any atom is -0.333 e. The predicted octanol–water partition coefficient (Wildman–Crippen LogP) is 4.59. The van der Waals surface area contributed by atoms with E-state index in [2.05, 4.69) is 4.72 Å². The molecule has 1 amide bonds. The fourth-order valence-corrected chi connectivity index (χ4v) is 4.90. The lowest BCUT2D eigenvalue weighted by Gasteiger charge is -2.39. The van der Waals surface area contributed by atoms with Crippen LogP contribution in [0.25, 0.3) is 0 Å². The van der Waals surface area contributed by atoms with Gasteiger partial charge in [-0.05, 0) is 69.0 Å². The summed E-state index contributed by atoms with van der Waals surface area (Å²) in [4.78, 5) is 14.3. The number of nitrogens with zero attached hydrogens (tertiary/aromatic N) is 1. The third-order valence-electron chi connectivity index (χ3n) is 5.57. The molecule has 2 aromatic carbocycles. The first-order valence-corrected chi connectivity index (χ1v) is 11.6. The molecule has 1 aliphatic rings. The minimum atomic E-state index is -4.63. The Bertz CT molecular complexity index is 1030. The molecule has 5 nitrogen and oxygen atoms in total. The van der Waals surface area contributed by atoms with E-state index in [9.17, 15) is 26.4 Å². The molecule has 31 heavy (non-hydrogen) atoms. The van der Waals surface area contributed by atoms with E-state index in [1.807, 2.05) is 18.7 Å². The zero-order chi connectivity index (χ0) is 22.8. The molecule has 1 heterocycles. The molecule has 0 unspecified atom stereocenters. The SMILES string of the molecule is C[C@@H]1CCC[C@H](C)N1C(=O)c1ccc(CNS(=O)(=O)c2cccc(C(F)(F)F)c2)cc1. The topological polar surface area (TPSA) is 66.5 Å². The summed E-state index contributed by atoms with van der Waals surface area (Å²) in [7, 11) is -4.12. The maximum atomic E-state index is 12.9. The van der Waals surface area contributed by atoms with Crippen LogP contribution in [0.1, 0.15) is 54.6 Å². The van der Waals surface area contributed by atoms with Crippen LogP contribution in [0.5, 0.6) is 0 Å². The van der Waals surface area contributed by atoms with Gasteiger partial charge in [0.25, 0.3) is 5.91 Å². The van der Waals surface area contributed by atoms with Crippen molar-refractivity contribution >= 4 is 15.9 Å². The van der Waals surface area contributed by atoms with Gasteiger partial charge in [-0.3, -0.25) is 4.79 Å². The van der Waals surface area contributed by atoms with E-state index in [0.717, 1.165) is 37.5 Å². The Balaban J connectivity index is 1.68. The van der Waals surface area contributed by atoms with Gasteiger partial charge in [-0.15, -0.1) is 0 Å². The summed E-state index contributed by atoms with van der Waals surface area (Å²) in [5, 5.41) is 0. The van der Waals surface area contributed by atoms with Crippen molar-refractivity contribution in [1.82, 2.24) is 9.62 Å². The van der Waals surface area contributed by atoms with E-state index in [1.165, 1.54) is 0 Å². The number of benzene rings is 2. The number of nitrogens with one attached hydrogen (secondary N) is 1. The van der Waals surface area contributed by atoms with Crippen LogP contribution in [0.15, 0.2) is 53.4 Å². The minimum absolute atomic E-state index is 0.0594. The van der Waals surface area contributed by atoms with Gasteiger partial charge >= 0.3 is 6.18 Å². The van der Waals surface area contributed by atoms with E-state index < -0.39 is 26.7 Å². The average Bonchev–Trinajstić information content (AvgIpc) is 2.72. The zero-order valence-electron chi connectivity index (χ0n) is 17.3. The Morgan fingerprint density at radius 1 is 1.06 bits per heavy atom. The number of amides is 1. The molecule has 0 saturated carbocycles. The van der Waals surface area contributed by atoms with E-state index in [1.54, 1.807) is 24.3 Å². The van der Waals surface area contributed by atoms with Crippen molar-refractivity contribution in [3.05, 3.63) is 65.2 Å². The lowest BCUT2D eigenvalue weighted by atomic mass is 9.96. The molecule has 2 atom stereocenters. The number of likely N-dealkylation sites (tertiary alicyclic amines) is 1. The van der Waals surface area contributed by atoms with Gasteiger partial charge in [-0.1, -0.05) is 18.2 Å². The molecule has 168 valence electrons. The second kappa shape index (κ2) is 9.00. The molecule has 0 spiro atoms. The second-order valence-electron chi connectivity index (χ2n) is 7.89. The van der Waals surface area contributed by atoms with Gasteiger partial charge in [-0.25, -0.2) is 13.1 Å². The van der Waals surface area contributed by atoms with Gasteiger partial charge in [-0.2, -0.15) is 13.2 Å². The lowest BCUT2D eigenvalue weighted by molar-refractivity contribution is -0.137. The Morgan fingerprint density at radius 3 is 2.26 bits per heavy atom. The van der Waals surface area contributed by atoms with Crippen LogP contribution in [-0.4, -0.2) is 31.3 Å². The van der Waals surface area contributed by atoms with Crippen molar-refractivity contribution in [1.29, 1.82) is 0 Å². The molecule has 1 N–H and O–H groups in total. The number of carbonyl (C=O) groups excluding carboxylic acids is 1. The molecule has 9 heteroatoms. The summed E-state index contributed by atoms with van der Waals surface area (Å²) in [6.07, 6.45) is -1.61. The van der Waals surface area contributed by atoms with E-state index >= 15 is 0 Å². The van der Waals surface area contributed by atoms with E-state index in [0.29, 0.717) is 17.2 Å². The highest BCUT2D eigenvalue weighted by Crippen LogP contribution is 2.30. The van der Waals surface area contributed by atoms with Gasteiger partial charge in [0.2, 0.25) is 10.0 Å². The molecule has 0 aliphatic carbocycles. The smallest absolute Gasteiger partial charge is 0.333 e. The number of piperidine rings is 1. The highest BCUT2D eigenvalue weighted by molar-refractivity contribution is 7.89. The number of carbonyl (C=O) groups is 1. The summed E-state index contributed by atoms with van der Waals surface area (Å²) in [5.41, 5.74) is 0.0799. The first kappa shape index (κ1) is 23.3. The van der Waals surface area contributed by atoms with Crippen molar-refractivity contribution < 1.29 is 26.4 Å². The van der Waals surface area contributed by atoms with Crippen LogP contribution < -0.4 is 4.72 Å². The quantitative estimate of drug-likeness (QED) is 0.719. The third kappa shape index (κ3) is 5.46. The van der Waals surface area contributed by atoms with Crippen molar-refractivity contribution in [3.63, 3.8) is 0 Å². The summed E-state index contributed by atoms with van der Waals surface area (Å²) in [6.45, 7) is 3.96. The molecular weight excluding hydrogens is 429 g/mol. The van der Waals surface area contributed by atoms with Gasteiger partial charge in [0.15, 0.2) is 0 Å². The Morgan fingerprint density at radius 2 is 1.68 bits per heavy atom. The monoisotopic (exact) mass is 454 g/mol. The number of hydrogen-bond acceptors (Lipinski definition) is 3. The number of alkyl halides is 3. The van der Waals surface area contributed by atoms with Gasteiger partial charge < -0.3 is 4.90 Å². The van der Waals surface area contributed by atoms with Crippen LogP contribution >= 0.6 is 0 Å². The molecule has 0 bridgehead atoms. The molecule has 0 radical (unpaired) electrons. The normalized spacial score (nSPS) is 20.0. The molecule has 1 aliphatic heterocycles. The molecule has 1 fully saturated rings. The van der Waals surface area contributed by atoms with Gasteiger partial charge in [0.05, 0.1) is 10.5 Å². The van der Waals surface area contributed by atoms with Crippen LogP contribution in [0.3, 0.4) is 0 Å². The number of rotatable bonds is 5. The van der Waals surface area contributed by atoms with E-state index in [4.69, 9.17) is 0 Å². The van der Waals surface area contributed by atoms with Crippen molar-refractivity contribution in [2.75, 3.05) is 0 Å². The number of sulfonamides is 1. The van der Waals surface area contributed by atoms with Crippen LogP contribution in [0, 0.1) is 0 Å². The largest absolute Gasteiger partial charge is 0.416 e. The highest BCUT2D eigenvalue weighted by atomic mass is 32.2. The van der Waals surface area contributed by atoms with Crippen LogP contribution in [0.2, 0.25) is 0 Å². The van der Waals surface area contributed by atoms with Crippen molar-refractivity contribution in [2.45, 2.75) is 62.8 Å². The molecular formula is C22H25F3N2O3S. The van der Waals surface area contributed by atoms with E-state index in [-0.39, 0.29) is 24.5 Å². The number of hydrogen-bond donors (Lipinski definition) is 1. The lowest BCUT2D eigenvalue weighted by Crippen LogP contribution is -2.47. The van der Waals surface area contributed by atoms with Gasteiger partial charge in [0, 0.05) is 24.2 Å². The average molecular weight is 455 g/mol. The van der Waals surface area contributed by atoms with Crippen molar-refractivity contribution in [2.24, 2.45) is 0 Å². The predicted molar refractivity (Wildman–Crippen MR) is 111 cm³/mol. The first-order chi connectivity index (χ1) is 14.5. The summed E-state index contributed by atoms with van der Waals surface area (Å²) >= 11 is 0. The highest BCUT2D eigenvalue weighted by Gasteiger charge is 2.32. The summed E-state index contributed by atoms with van der Waals surface area (Å²) < 4.78 is 65.6. The fourth-order valence-electron chi connectivity index (χ4n) is 3.84. The second-order valence-corrected chi connectivity index (χ2v) is 9.66. The Kier molecular flexibility index (Phi) is 6.76. The Hall–Kier alpha value is -2.39. The van der Waals surface area contributed by atoms with Crippen LogP contribution in [0.4, 0.5) is 13.2 Å². The fraction of sp³-hybridized carbons (Fsp3) is 0.409. The Labute approximate surface area is 180 Å². The van der Waals surface area contributed by atoms with Crippen molar-refractivity contribution in [3.8, 4) is 0 Å². The molecule has 3 rings (SSSR count). The zero-order valence-corrected chi connectivity index (χ0v) is 18.1. The van der Waals surface area contributed by atoms with Crippen LogP contribution in [-0.2, 0) is 22.7 Å². The third-order valence-corrected chi connectivity index (χ3v) is 6.97. The summed E-state index contributed by atoms with van der Waals surface area (Å²) in [6, 6.07) is 10.5. The molecule has 2 aromatic rings. The number of halogens is 3. The molecule has 0 aromatic heterocycles. The summed E-state index contributed by atoms with van der Waals surface area (Å²) in [5.74, 6) is -0.0594. The standard InChI is InChI=1S/C22H25F3N2O3S/c1-15-5-3-6-16(2)27(15)21(28)18-11-9-17(10-12-18)14-26-31(29,30)20-8-4-7-19(13-20)22(23,24)25/h4,7-13,15-16,26H,3,5-6,14H2,1-2H3/t15-,16+.